The van der Waals surface area contributed by atoms with Crippen LogP contribution in [0.15, 0.2) is 59.7 Å². The first-order chi connectivity index (χ1) is 12.2. The number of nitrogens with one attached hydrogen (secondary N) is 1. The fraction of sp³-hybridized carbons (Fsp3) is 0.0556. The molecule has 0 aliphatic heterocycles. The van der Waals surface area contributed by atoms with Crippen molar-refractivity contribution in [2.45, 2.75) is 0 Å². The van der Waals surface area contributed by atoms with Crippen molar-refractivity contribution < 1.29 is 9.84 Å². The van der Waals surface area contributed by atoms with Crippen LogP contribution in [0.5, 0.6) is 11.5 Å². The molecule has 3 aromatic rings. The highest BCUT2D eigenvalue weighted by Gasteiger charge is 2.08. The predicted octanol–water partition coefficient (Wildman–Crippen LogP) is 3.96. The zero-order chi connectivity index (χ0) is 17.6. The quantitative estimate of drug-likeness (QED) is 0.535. The number of nitrogens with zero attached hydrogens (tertiary/aromatic N) is 3. The fourth-order valence-corrected chi connectivity index (χ4v) is 2.36. The Hall–Kier alpha value is -3.12. The number of aromatic hydroxyl groups is 1. The van der Waals surface area contributed by atoms with Crippen molar-refractivity contribution in [3.8, 4) is 22.8 Å². The van der Waals surface area contributed by atoms with Gasteiger partial charge in [0.05, 0.1) is 19.0 Å². The first kappa shape index (κ1) is 16.7. The molecule has 0 spiro atoms. The van der Waals surface area contributed by atoms with Gasteiger partial charge in [0.2, 0.25) is 0 Å². The van der Waals surface area contributed by atoms with Gasteiger partial charge in [0, 0.05) is 11.6 Å². The van der Waals surface area contributed by atoms with E-state index in [0.717, 1.165) is 11.1 Å². The first-order valence-electron chi connectivity index (χ1n) is 7.42. The number of hydrogen-bond acceptors (Lipinski definition) is 6. The Morgan fingerprint density at radius 1 is 1.12 bits per heavy atom. The number of phenols is 1. The molecule has 126 valence electrons. The number of ether oxygens (including phenoxy) is 1. The van der Waals surface area contributed by atoms with Gasteiger partial charge in [-0.25, -0.2) is 0 Å². The third-order valence-electron chi connectivity index (χ3n) is 3.41. The van der Waals surface area contributed by atoms with Crippen LogP contribution in [0.3, 0.4) is 0 Å². The summed E-state index contributed by atoms with van der Waals surface area (Å²) in [4.78, 5) is 0. The van der Waals surface area contributed by atoms with Gasteiger partial charge in [-0.1, -0.05) is 41.9 Å². The highest BCUT2D eigenvalue weighted by atomic mass is 35.5. The van der Waals surface area contributed by atoms with Crippen LogP contribution < -0.4 is 10.2 Å². The normalized spacial score (nSPS) is 10.8. The second-order valence-corrected chi connectivity index (χ2v) is 5.48. The van der Waals surface area contributed by atoms with E-state index in [4.69, 9.17) is 16.3 Å². The molecule has 25 heavy (non-hydrogen) atoms. The number of benzene rings is 2. The molecule has 0 fully saturated rings. The van der Waals surface area contributed by atoms with Gasteiger partial charge in [0.1, 0.15) is 5.69 Å². The minimum atomic E-state index is 0.0732. The van der Waals surface area contributed by atoms with Crippen LogP contribution in [0, 0.1) is 0 Å². The van der Waals surface area contributed by atoms with Crippen LogP contribution in [-0.2, 0) is 0 Å². The summed E-state index contributed by atoms with van der Waals surface area (Å²) >= 11 is 5.95. The zero-order valence-corrected chi connectivity index (χ0v) is 14.1. The Morgan fingerprint density at radius 3 is 2.68 bits per heavy atom. The van der Waals surface area contributed by atoms with Crippen molar-refractivity contribution in [1.82, 2.24) is 10.2 Å². The van der Waals surface area contributed by atoms with Crippen molar-refractivity contribution in [2.24, 2.45) is 5.10 Å². The van der Waals surface area contributed by atoms with Gasteiger partial charge in [-0.15, -0.1) is 10.2 Å². The number of rotatable bonds is 5. The molecular weight excluding hydrogens is 340 g/mol. The maximum atomic E-state index is 9.62. The number of phenolic OH excluding ortho intramolecular Hbond substituents is 1. The number of hydrogen-bond donors (Lipinski definition) is 2. The molecule has 0 amide bonds. The lowest BCUT2D eigenvalue weighted by Crippen LogP contribution is -1.98. The average molecular weight is 355 g/mol. The Morgan fingerprint density at radius 2 is 1.92 bits per heavy atom. The molecule has 1 aromatic heterocycles. The number of aromatic nitrogens is 2. The monoisotopic (exact) mass is 354 g/mol. The predicted molar refractivity (Wildman–Crippen MR) is 98.4 cm³/mol. The lowest BCUT2D eigenvalue weighted by Gasteiger charge is -2.08. The Bertz CT molecular complexity index is 901. The molecule has 0 radical (unpaired) electrons. The lowest BCUT2D eigenvalue weighted by molar-refractivity contribution is 0.373. The van der Waals surface area contributed by atoms with Gasteiger partial charge in [0.15, 0.2) is 16.7 Å². The van der Waals surface area contributed by atoms with E-state index in [2.05, 4.69) is 20.7 Å². The third-order valence-corrected chi connectivity index (χ3v) is 3.60. The summed E-state index contributed by atoms with van der Waals surface area (Å²) in [7, 11) is 1.49. The van der Waals surface area contributed by atoms with E-state index in [9.17, 15) is 5.11 Å². The maximum Gasteiger partial charge on any atom is 0.161 e. The summed E-state index contributed by atoms with van der Waals surface area (Å²) in [5.74, 6) is 0.451. The number of halogens is 1. The topological polar surface area (TPSA) is 79.6 Å². The molecule has 0 bridgehead atoms. The first-order valence-corrected chi connectivity index (χ1v) is 7.80. The van der Waals surface area contributed by atoms with Crippen LogP contribution in [0.2, 0.25) is 5.15 Å². The maximum absolute atomic E-state index is 9.62. The molecule has 0 atom stereocenters. The van der Waals surface area contributed by atoms with Gasteiger partial charge in [-0.3, -0.25) is 5.43 Å². The summed E-state index contributed by atoms with van der Waals surface area (Å²) in [5.41, 5.74) is 5.87. The minimum absolute atomic E-state index is 0.0732. The van der Waals surface area contributed by atoms with Crippen LogP contribution in [0.1, 0.15) is 5.56 Å². The molecule has 2 N–H and O–H groups in total. The SMILES string of the molecule is COc1cc(/C=N/Nc2cc(Cl)nnc2-c2ccccc2)ccc1O. The Labute approximate surface area is 149 Å². The van der Waals surface area contributed by atoms with Crippen molar-refractivity contribution in [1.29, 1.82) is 0 Å². The minimum Gasteiger partial charge on any atom is -0.504 e. The second kappa shape index (κ2) is 7.63. The Balaban J connectivity index is 1.85. The van der Waals surface area contributed by atoms with Gasteiger partial charge >= 0.3 is 0 Å². The largest absolute Gasteiger partial charge is 0.504 e. The third kappa shape index (κ3) is 4.05. The molecule has 1 heterocycles. The number of anilines is 1. The van der Waals surface area contributed by atoms with Crippen molar-refractivity contribution >= 4 is 23.5 Å². The molecule has 0 aliphatic rings. The molecule has 7 heteroatoms. The van der Waals surface area contributed by atoms with Crippen molar-refractivity contribution in [2.75, 3.05) is 12.5 Å². The van der Waals surface area contributed by atoms with Crippen LogP contribution in [0.4, 0.5) is 5.69 Å². The van der Waals surface area contributed by atoms with E-state index < -0.39 is 0 Å². The fourth-order valence-electron chi connectivity index (χ4n) is 2.21. The van der Waals surface area contributed by atoms with Crippen LogP contribution >= 0.6 is 11.6 Å². The summed E-state index contributed by atoms with van der Waals surface area (Å²) in [6, 6.07) is 16.2. The summed E-state index contributed by atoms with van der Waals surface area (Å²) < 4.78 is 5.08. The van der Waals surface area contributed by atoms with Crippen molar-refractivity contribution in [3.63, 3.8) is 0 Å². The number of methoxy groups -OCH3 is 1. The summed E-state index contributed by atoms with van der Waals surface area (Å²) in [6.45, 7) is 0. The zero-order valence-electron chi connectivity index (χ0n) is 13.3. The highest BCUT2D eigenvalue weighted by molar-refractivity contribution is 6.29. The summed E-state index contributed by atoms with van der Waals surface area (Å²) in [5, 5.41) is 22.1. The molecule has 6 nitrogen and oxygen atoms in total. The molecule has 2 aromatic carbocycles. The standard InChI is InChI=1S/C18H15ClN4O2/c1-25-16-9-12(7-8-15(16)24)11-20-21-14-10-17(19)22-23-18(14)13-5-3-2-4-6-13/h2-11,24H,1H3,(H,21,22)/b20-11+. The van der Waals surface area contributed by atoms with E-state index in [1.807, 2.05) is 30.3 Å². The molecular formula is C18H15ClN4O2. The molecule has 0 aliphatic carbocycles. The lowest BCUT2D eigenvalue weighted by atomic mass is 10.1. The number of hydrazone groups is 1. The van der Waals surface area contributed by atoms with Crippen LogP contribution in [-0.4, -0.2) is 28.6 Å². The van der Waals surface area contributed by atoms with E-state index in [1.165, 1.54) is 7.11 Å². The van der Waals surface area contributed by atoms with Gasteiger partial charge in [0.25, 0.3) is 0 Å². The van der Waals surface area contributed by atoms with Gasteiger partial charge in [-0.2, -0.15) is 5.10 Å². The average Bonchev–Trinajstić information content (AvgIpc) is 2.64. The van der Waals surface area contributed by atoms with Crippen molar-refractivity contribution in [3.05, 3.63) is 65.3 Å². The highest BCUT2D eigenvalue weighted by Crippen LogP contribution is 2.27. The van der Waals surface area contributed by atoms with E-state index >= 15 is 0 Å². The molecule has 3 rings (SSSR count). The van der Waals surface area contributed by atoms with Gasteiger partial charge < -0.3 is 9.84 Å². The molecule has 0 saturated heterocycles. The van der Waals surface area contributed by atoms with E-state index in [-0.39, 0.29) is 10.9 Å². The van der Waals surface area contributed by atoms with Crippen LogP contribution in [0.25, 0.3) is 11.3 Å². The Kier molecular flexibility index (Phi) is 5.11. The van der Waals surface area contributed by atoms with E-state index in [1.54, 1.807) is 30.5 Å². The van der Waals surface area contributed by atoms with Gasteiger partial charge in [-0.05, 0) is 23.8 Å². The van der Waals surface area contributed by atoms with E-state index in [0.29, 0.717) is 17.1 Å². The molecule has 0 unspecified atom stereocenters. The second-order valence-electron chi connectivity index (χ2n) is 5.10. The smallest absolute Gasteiger partial charge is 0.161 e. The molecule has 0 saturated carbocycles. The summed E-state index contributed by atoms with van der Waals surface area (Å²) in [6.07, 6.45) is 1.60.